The molecule has 0 nitrogen and oxygen atoms in total. The van der Waals surface area contributed by atoms with Crippen molar-refractivity contribution in [2.24, 2.45) is 5.92 Å². The second-order valence-electron chi connectivity index (χ2n) is 5.43. The maximum atomic E-state index is 2.39. The summed E-state index contributed by atoms with van der Waals surface area (Å²) in [6.45, 7) is 6.92. The topological polar surface area (TPSA) is 0 Å². The van der Waals surface area contributed by atoms with Crippen LogP contribution in [0.2, 0.25) is 0 Å². The Hall–Kier alpha value is -1.30. The van der Waals surface area contributed by atoms with Gasteiger partial charge in [0.1, 0.15) is 0 Å². The monoisotopic (exact) mass is 240 g/mol. The number of rotatable bonds is 4. The molecule has 0 amide bonds. The molecule has 1 aromatic rings. The summed E-state index contributed by atoms with van der Waals surface area (Å²) in [5.41, 5.74) is 3.16. The molecule has 0 spiro atoms. The Morgan fingerprint density at radius 1 is 1.11 bits per heavy atom. The van der Waals surface area contributed by atoms with Gasteiger partial charge in [-0.2, -0.15) is 0 Å². The van der Waals surface area contributed by atoms with Gasteiger partial charge in [0.15, 0.2) is 0 Å². The molecule has 2 rings (SSSR count). The van der Waals surface area contributed by atoms with Gasteiger partial charge in [-0.3, -0.25) is 0 Å². The van der Waals surface area contributed by atoms with Gasteiger partial charge in [-0.15, -0.1) is 0 Å². The number of aryl methyl sites for hydroxylation is 1. The van der Waals surface area contributed by atoms with Crippen LogP contribution in [0.15, 0.2) is 48.6 Å². The van der Waals surface area contributed by atoms with E-state index in [4.69, 9.17) is 0 Å². The Morgan fingerprint density at radius 2 is 1.89 bits per heavy atom. The second-order valence-corrected chi connectivity index (χ2v) is 5.43. The molecule has 2 atom stereocenters. The molecule has 0 heterocycles. The molecule has 2 unspecified atom stereocenters. The summed E-state index contributed by atoms with van der Waals surface area (Å²) < 4.78 is 0. The Morgan fingerprint density at radius 3 is 2.61 bits per heavy atom. The van der Waals surface area contributed by atoms with Gasteiger partial charge in [-0.05, 0) is 29.9 Å². The van der Waals surface area contributed by atoms with Crippen LogP contribution in [0, 0.1) is 5.92 Å². The molecule has 1 aromatic carbocycles. The standard InChI is InChI=1S/C18H24/c1-4-10-16-12-8-9-14-18(16,3)17-13-7-6-11-15(17)5-2/h6-9,11-14,16H,4-5,10H2,1-3H3. The first-order valence-electron chi connectivity index (χ1n) is 7.16. The first-order chi connectivity index (χ1) is 8.72. The molecule has 0 aromatic heterocycles. The minimum Gasteiger partial charge on any atom is -0.0802 e. The van der Waals surface area contributed by atoms with E-state index in [-0.39, 0.29) is 5.41 Å². The quantitative estimate of drug-likeness (QED) is 0.691. The van der Waals surface area contributed by atoms with E-state index in [0.29, 0.717) is 5.92 Å². The first kappa shape index (κ1) is 13.1. The summed E-state index contributed by atoms with van der Waals surface area (Å²) in [4.78, 5) is 0. The Balaban J connectivity index is 2.45. The highest BCUT2D eigenvalue weighted by Crippen LogP contribution is 2.40. The molecule has 1 aliphatic carbocycles. The van der Waals surface area contributed by atoms with Crippen molar-refractivity contribution >= 4 is 0 Å². The fourth-order valence-corrected chi connectivity index (χ4v) is 3.13. The van der Waals surface area contributed by atoms with Crippen molar-refractivity contribution in [3.63, 3.8) is 0 Å². The average molecular weight is 240 g/mol. The summed E-state index contributed by atoms with van der Waals surface area (Å²) in [5, 5.41) is 0. The highest BCUT2D eigenvalue weighted by Gasteiger charge is 2.33. The van der Waals surface area contributed by atoms with Crippen LogP contribution in [0.3, 0.4) is 0 Å². The van der Waals surface area contributed by atoms with E-state index in [0.717, 1.165) is 6.42 Å². The van der Waals surface area contributed by atoms with Crippen molar-refractivity contribution in [1.82, 2.24) is 0 Å². The molecule has 0 aliphatic heterocycles. The van der Waals surface area contributed by atoms with Gasteiger partial charge in [0.25, 0.3) is 0 Å². The Labute approximate surface area is 111 Å². The summed E-state index contributed by atoms with van der Waals surface area (Å²) in [7, 11) is 0. The molecule has 0 saturated heterocycles. The highest BCUT2D eigenvalue weighted by molar-refractivity contribution is 5.41. The molecule has 0 bridgehead atoms. The lowest BCUT2D eigenvalue weighted by molar-refractivity contribution is 0.394. The lowest BCUT2D eigenvalue weighted by Gasteiger charge is -2.37. The third-order valence-electron chi connectivity index (χ3n) is 4.25. The fourth-order valence-electron chi connectivity index (χ4n) is 3.13. The lowest BCUT2D eigenvalue weighted by atomic mass is 9.66. The van der Waals surface area contributed by atoms with Gasteiger partial charge < -0.3 is 0 Å². The number of benzene rings is 1. The summed E-state index contributed by atoms with van der Waals surface area (Å²) in [6.07, 6.45) is 12.8. The van der Waals surface area contributed by atoms with Gasteiger partial charge in [-0.25, -0.2) is 0 Å². The van der Waals surface area contributed by atoms with Crippen LogP contribution >= 0.6 is 0 Å². The molecular formula is C18H24. The van der Waals surface area contributed by atoms with E-state index >= 15 is 0 Å². The zero-order valence-electron chi connectivity index (χ0n) is 11.8. The van der Waals surface area contributed by atoms with Gasteiger partial charge in [0.2, 0.25) is 0 Å². The third kappa shape index (κ3) is 2.29. The molecule has 0 heteroatoms. The SMILES string of the molecule is CCCC1C=CC=CC1(C)c1ccccc1CC. The largest absolute Gasteiger partial charge is 0.0802 e. The molecule has 96 valence electrons. The average Bonchev–Trinajstić information content (AvgIpc) is 2.42. The summed E-state index contributed by atoms with van der Waals surface area (Å²) in [6, 6.07) is 8.92. The summed E-state index contributed by atoms with van der Waals surface area (Å²) in [5.74, 6) is 0.625. The molecule has 0 N–H and O–H groups in total. The highest BCUT2D eigenvalue weighted by atomic mass is 14.4. The molecule has 0 fully saturated rings. The van der Waals surface area contributed by atoms with E-state index in [1.807, 2.05) is 0 Å². The van der Waals surface area contributed by atoms with Gasteiger partial charge in [0, 0.05) is 5.41 Å². The van der Waals surface area contributed by atoms with Crippen molar-refractivity contribution in [3.05, 3.63) is 59.7 Å². The zero-order valence-corrected chi connectivity index (χ0v) is 11.8. The van der Waals surface area contributed by atoms with Crippen molar-refractivity contribution in [2.45, 2.75) is 45.4 Å². The Bertz CT molecular complexity index is 453. The van der Waals surface area contributed by atoms with Crippen LogP contribution in [0.5, 0.6) is 0 Å². The predicted molar refractivity (Wildman–Crippen MR) is 79.9 cm³/mol. The first-order valence-corrected chi connectivity index (χ1v) is 7.16. The van der Waals surface area contributed by atoms with Crippen LogP contribution in [0.25, 0.3) is 0 Å². The number of allylic oxidation sites excluding steroid dienone is 4. The van der Waals surface area contributed by atoms with E-state index in [1.54, 1.807) is 0 Å². The van der Waals surface area contributed by atoms with Crippen molar-refractivity contribution < 1.29 is 0 Å². The normalized spacial score (nSPS) is 26.5. The molecule has 0 radical (unpaired) electrons. The second kappa shape index (κ2) is 5.56. The molecule has 0 saturated carbocycles. The van der Waals surface area contributed by atoms with E-state index in [2.05, 4.69) is 69.3 Å². The summed E-state index contributed by atoms with van der Waals surface area (Å²) >= 11 is 0. The maximum Gasteiger partial charge on any atom is 0.0172 e. The number of hydrogen-bond donors (Lipinski definition) is 0. The predicted octanol–water partition coefficient (Wildman–Crippen LogP) is 5.05. The minimum atomic E-state index is 0.164. The molecule has 18 heavy (non-hydrogen) atoms. The van der Waals surface area contributed by atoms with Crippen LogP contribution in [-0.2, 0) is 11.8 Å². The lowest BCUT2D eigenvalue weighted by Crippen LogP contribution is -2.31. The van der Waals surface area contributed by atoms with Gasteiger partial charge in [0.05, 0.1) is 0 Å². The van der Waals surface area contributed by atoms with Crippen LogP contribution in [0.4, 0.5) is 0 Å². The maximum absolute atomic E-state index is 2.39. The van der Waals surface area contributed by atoms with E-state index in [9.17, 15) is 0 Å². The van der Waals surface area contributed by atoms with Crippen LogP contribution in [0.1, 0.15) is 44.7 Å². The van der Waals surface area contributed by atoms with E-state index in [1.165, 1.54) is 24.0 Å². The van der Waals surface area contributed by atoms with Crippen LogP contribution in [-0.4, -0.2) is 0 Å². The van der Waals surface area contributed by atoms with Crippen LogP contribution < -0.4 is 0 Å². The molecular weight excluding hydrogens is 216 g/mol. The van der Waals surface area contributed by atoms with E-state index < -0.39 is 0 Å². The number of hydrogen-bond acceptors (Lipinski definition) is 0. The zero-order chi connectivity index (χ0) is 13.0. The van der Waals surface area contributed by atoms with Crippen molar-refractivity contribution in [2.75, 3.05) is 0 Å². The fraction of sp³-hybridized carbons (Fsp3) is 0.444. The van der Waals surface area contributed by atoms with Gasteiger partial charge >= 0.3 is 0 Å². The smallest absolute Gasteiger partial charge is 0.0172 e. The molecule has 1 aliphatic rings. The van der Waals surface area contributed by atoms with Crippen molar-refractivity contribution in [1.29, 1.82) is 0 Å². The Kier molecular flexibility index (Phi) is 4.06. The third-order valence-corrected chi connectivity index (χ3v) is 4.25. The van der Waals surface area contributed by atoms with Crippen molar-refractivity contribution in [3.8, 4) is 0 Å². The van der Waals surface area contributed by atoms with Gasteiger partial charge in [-0.1, -0.05) is 75.8 Å². The minimum absolute atomic E-state index is 0.164.